The summed E-state index contributed by atoms with van der Waals surface area (Å²) >= 11 is 12.6. The lowest BCUT2D eigenvalue weighted by Gasteiger charge is -2.26. The van der Waals surface area contributed by atoms with Crippen LogP contribution in [0, 0.1) is 18.8 Å². The lowest BCUT2D eigenvalue weighted by Crippen LogP contribution is -2.45. The molecule has 8 heteroatoms. The number of piperidine rings is 1. The Labute approximate surface area is 209 Å². The molecule has 1 aliphatic heterocycles. The second-order valence-electron chi connectivity index (χ2n) is 8.14. The zero-order valence-corrected chi connectivity index (χ0v) is 20.5. The van der Waals surface area contributed by atoms with Crippen molar-refractivity contribution in [3.8, 4) is 28.9 Å². The maximum atomic E-state index is 13.2. The van der Waals surface area contributed by atoms with E-state index in [4.69, 9.17) is 33.3 Å². The number of hydrogen-bond acceptors (Lipinski definition) is 4. The van der Waals surface area contributed by atoms with E-state index in [1.54, 1.807) is 12.1 Å². The first-order valence-electron chi connectivity index (χ1n) is 11.3. The van der Waals surface area contributed by atoms with Crippen molar-refractivity contribution in [3.63, 3.8) is 0 Å². The number of hydrogen-bond donors (Lipinski definition) is 2. The van der Waals surface area contributed by atoms with Crippen LogP contribution in [0.4, 0.5) is 0 Å². The molecule has 6 nitrogen and oxygen atoms in total. The van der Waals surface area contributed by atoms with Crippen LogP contribution in [-0.2, 0) is 0 Å². The average molecular weight is 497 g/mol. The van der Waals surface area contributed by atoms with Gasteiger partial charge in [-0.15, -0.1) is 0 Å². The molecule has 0 radical (unpaired) electrons. The number of aliphatic hydroxyl groups is 1. The molecular weight excluding hydrogens is 471 g/mol. The minimum atomic E-state index is -0.240. The van der Waals surface area contributed by atoms with Crippen LogP contribution in [0.2, 0.25) is 10.0 Å². The molecule has 2 aromatic carbocycles. The van der Waals surface area contributed by atoms with Crippen LogP contribution in [0.1, 0.15) is 47.4 Å². The van der Waals surface area contributed by atoms with Gasteiger partial charge < -0.3 is 5.11 Å². The Bertz CT molecular complexity index is 1240. The molecule has 4 rings (SSSR count). The highest BCUT2D eigenvalue weighted by Crippen LogP contribution is 2.33. The fourth-order valence-corrected chi connectivity index (χ4v) is 4.49. The van der Waals surface area contributed by atoms with Crippen LogP contribution < -0.4 is 5.43 Å². The van der Waals surface area contributed by atoms with Crippen LogP contribution in [-0.4, -0.2) is 45.3 Å². The number of nitrogens with zero attached hydrogens (tertiary/aromatic N) is 3. The maximum Gasteiger partial charge on any atom is 0.286 e. The van der Waals surface area contributed by atoms with Crippen molar-refractivity contribution < 1.29 is 9.90 Å². The van der Waals surface area contributed by atoms with Gasteiger partial charge in [-0.2, -0.15) is 0 Å². The van der Waals surface area contributed by atoms with E-state index >= 15 is 0 Å². The predicted octanol–water partition coefficient (Wildman–Crippen LogP) is 5.02. The quantitative estimate of drug-likeness (QED) is 0.486. The van der Waals surface area contributed by atoms with Crippen molar-refractivity contribution in [2.75, 3.05) is 19.7 Å². The van der Waals surface area contributed by atoms with E-state index in [0.717, 1.165) is 37.2 Å². The van der Waals surface area contributed by atoms with Gasteiger partial charge in [0, 0.05) is 41.3 Å². The Hall–Kier alpha value is -2.82. The summed E-state index contributed by atoms with van der Waals surface area (Å²) in [5, 5.41) is 11.9. The van der Waals surface area contributed by atoms with Crippen LogP contribution >= 0.6 is 23.2 Å². The average Bonchev–Trinajstić information content (AvgIpc) is 3.17. The smallest absolute Gasteiger partial charge is 0.286 e. The Morgan fingerprint density at radius 3 is 2.53 bits per heavy atom. The van der Waals surface area contributed by atoms with Gasteiger partial charge in [-0.05, 0) is 62.2 Å². The van der Waals surface area contributed by atoms with Gasteiger partial charge in [0.1, 0.15) is 5.82 Å². The fourth-order valence-electron chi connectivity index (χ4n) is 4.00. The number of aliphatic hydroxyl groups excluding tert-OH is 1. The summed E-state index contributed by atoms with van der Waals surface area (Å²) in [6.07, 6.45) is 3.73. The maximum absolute atomic E-state index is 13.2. The van der Waals surface area contributed by atoms with Crippen molar-refractivity contribution in [2.24, 2.45) is 0 Å². The molecule has 0 saturated carbocycles. The highest BCUT2D eigenvalue weighted by Gasteiger charge is 2.24. The van der Waals surface area contributed by atoms with Crippen molar-refractivity contribution >= 4 is 29.1 Å². The highest BCUT2D eigenvalue weighted by atomic mass is 35.5. The number of amides is 1. The standard InChI is InChI=1S/C26H26Cl2N4O2/c1-18-24(26(34)30-31-14-4-2-5-15-31)29-25(22-13-10-20(27)17-23(22)28)32(18)21-11-8-19(9-12-21)7-3-6-16-33/h8-13,17,33H,2,4-6,14-16H2,1H3,(H,30,34). The topological polar surface area (TPSA) is 70.4 Å². The summed E-state index contributed by atoms with van der Waals surface area (Å²) in [5.41, 5.74) is 6.40. The molecule has 0 unspecified atom stereocenters. The molecule has 3 aromatic rings. The molecule has 1 amide bonds. The second-order valence-corrected chi connectivity index (χ2v) is 8.98. The summed E-state index contributed by atoms with van der Waals surface area (Å²) in [6.45, 7) is 3.58. The third-order valence-corrected chi connectivity index (χ3v) is 6.25. The number of imidazole rings is 1. The van der Waals surface area contributed by atoms with Crippen LogP contribution in [0.15, 0.2) is 42.5 Å². The first kappa shape index (κ1) is 24.3. The summed E-state index contributed by atoms with van der Waals surface area (Å²) in [4.78, 5) is 17.9. The lowest BCUT2D eigenvalue weighted by atomic mass is 10.1. The van der Waals surface area contributed by atoms with E-state index in [1.165, 1.54) is 6.42 Å². The van der Waals surface area contributed by atoms with Crippen molar-refractivity contribution in [1.29, 1.82) is 0 Å². The predicted molar refractivity (Wildman–Crippen MR) is 135 cm³/mol. The molecule has 0 bridgehead atoms. The van der Waals surface area contributed by atoms with E-state index in [2.05, 4.69) is 17.3 Å². The fraction of sp³-hybridized carbons (Fsp3) is 0.308. The van der Waals surface area contributed by atoms with E-state index < -0.39 is 0 Å². The van der Waals surface area contributed by atoms with E-state index in [0.29, 0.717) is 39.2 Å². The number of hydrazine groups is 1. The third-order valence-electron chi connectivity index (χ3n) is 5.71. The number of halogens is 2. The molecule has 0 aliphatic carbocycles. The SMILES string of the molecule is Cc1c(C(=O)NN2CCCCC2)nc(-c2ccc(Cl)cc2Cl)n1-c1ccc(C#CCCO)cc1. The zero-order valence-electron chi connectivity index (χ0n) is 18.9. The Balaban J connectivity index is 1.76. The van der Waals surface area contributed by atoms with Crippen molar-refractivity contribution in [1.82, 2.24) is 20.0 Å². The van der Waals surface area contributed by atoms with Crippen LogP contribution in [0.3, 0.4) is 0 Å². The molecule has 0 atom stereocenters. The van der Waals surface area contributed by atoms with Gasteiger partial charge in [0.25, 0.3) is 5.91 Å². The van der Waals surface area contributed by atoms with E-state index in [-0.39, 0.29) is 12.5 Å². The van der Waals surface area contributed by atoms with Crippen LogP contribution in [0.5, 0.6) is 0 Å². The summed E-state index contributed by atoms with van der Waals surface area (Å²) in [5.74, 6) is 6.27. The van der Waals surface area contributed by atoms with Gasteiger partial charge in [-0.25, -0.2) is 9.99 Å². The minimum Gasteiger partial charge on any atom is -0.395 e. The molecule has 2 heterocycles. The molecule has 176 valence electrons. The first-order chi connectivity index (χ1) is 16.5. The summed E-state index contributed by atoms with van der Waals surface area (Å²) < 4.78 is 1.92. The van der Waals surface area contributed by atoms with Gasteiger partial charge in [-0.3, -0.25) is 14.8 Å². The molecule has 1 aromatic heterocycles. The second kappa shape index (κ2) is 11.1. The number of rotatable bonds is 5. The van der Waals surface area contributed by atoms with E-state index in [9.17, 15) is 4.79 Å². The lowest BCUT2D eigenvalue weighted by molar-refractivity contribution is 0.0744. The van der Waals surface area contributed by atoms with Gasteiger partial charge in [0.05, 0.1) is 17.3 Å². The number of carbonyl (C=O) groups is 1. The Morgan fingerprint density at radius 2 is 1.85 bits per heavy atom. The monoisotopic (exact) mass is 496 g/mol. The molecule has 2 N–H and O–H groups in total. The van der Waals surface area contributed by atoms with Gasteiger partial charge >= 0.3 is 0 Å². The number of nitrogens with one attached hydrogen (secondary N) is 1. The van der Waals surface area contributed by atoms with Gasteiger partial charge in [0.2, 0.25) is 0 Å². The molecular formula is C26H26Cl2N4O2. The zero-order chi connectivity index (χ0) is 24.1. The normalized spacial score (nSPS) is 13.9. The van der Waals surface area contributed by atoms with Gasteiger partial charge in [0.15, 0.2) is 5.69 Å². The highest BCUT2D eigenvalue weighted by molar-refractivity contribution is 6.36. The van der Waals surface area contributed by atoms with Gasteiger partial charge in [-0.1, -0.05) is 41.5 Å². The van der Waals surface area contributed by atoms with Crippen LogP contribution in [0.25, 0.3) is 17.1 Å². The molecule has 1 aliphatic rings. The molecule has 0 spiro atoms. The molecule has 34 heavy (non-hydrogen) atoms. The first-order valence-corrected chi connectivity index (χ1v) is 12.0. The largest absolute Gasteiger partial charge is 0.395 e. The minimum absolute atomic E-state index is 0.0345. The molecule has 1 fully saturated rings. The third kappa shape index (κ3) is 5.45. The van der Waals surface area contributed by atoms with Crippen molar-refractivity contribution in [3.05, 3.63) is 69.5 Å². The number of benzene rings is 2. The Kier molecular flexibility index (Phi) is 7.91. The summed E-state index contributed by atoms with van der Waals surface area (Å²) in [7, 11) is 0. The number of aromatic nitrogens is 2. The van der Waals surface area contributed by atoms with E-state index in [1.807, 2.05) is 46.8 Å². The Morgan fingerprint density at radius 1 is 1.12 bits per heavy atom. The number of carbonyl (C=O) groups excluding carboxylic acids is 1. The summed E-state index contributed by atoms with van der Waals surface area (Å²) in [6, 6.07) is 12.9. The van der Waals surface area contributed by atoms with Crippen molar-refractivity contribution in [2.45, 2.75) is 32.6 Å². The molecule has 1 saturated heterocycles.